The Balaban J connectivity index is 1.76. The minimum Gasteiger partial charge on any atom is -0.317 e. The van der Waals surface area contributed by atoms with E-state index in [9.17, 15) is 8.42 Å². The Bertz CT molecular complexity index is 492. The van der Waals surface area contributed by atoms with Crippen LogP contribution in [0.15, 0.2) is 12.3 Å². The molecule has 0 bridgehead atoms. The van der Waals surface area contributed by atoms with E-state index in [0.29, 0.717) is 13.0 Å². The van der Waals surface area contributed by atoms with Crippen LogP contribution in [0.25, 0.3) is 0 Å². The van der Waals surface area contributed by atoms with Gasteiger partial charge in [-0.05, 0) is 37.9 Å². The van der Waals surface area contributed by atoms with Crippen LogP contribution in [0.4, 0.5) is 0 Å². The van der Waals surface area contributed by atoms with Crippen LogP contribution in [0.1, 0.15) is 18.5 Å². The third-order valence-corrected chi connectivity index (χ3v) is 5.09. The molecular formula is C12H22N4O2S. The van der Waals surface area contributed by atoms with Gasteiger partial charge in [0.2, 0.25) is 10.0 Å². The largest absolute Gasteiger partial charge is 0.317 e. The number of piperidine rings is 1. The lowest BCUT2D eigenvalue weighted by Crippen LogP contribution is -2.36. The molecule has 1 aromatic heterocycles. The van der Waals surface area contributed by atoms with Gasteiger partial charge in [-0.3, -0.25) is 4.68 Å². The standard InChI is InChI=1S/C12H22N4O2S/c1-16-12(4-8-14-16)5-9-15-19(17,18)10-11-2-6-13-7-3-11/h4,8,11,13,15H,2-3,5-7,9-10H2,1H3. The molecule has 1 saturated heterocycles. The fraction of sp³-hybridized carbons (Fsp3) is 0.750. The van der Waals surface area contributed by atoms with Crippen LogP contribution in [-0.4, -0.2) is 43.6 Å². The van der Waals surface area contributed by atoms with E-state index in [4.69, 9.17) is 0 Å². The van der Waals surface area contributed by atoms with Crippen molar-refractivity contribution in [2.75, 3.05) is 25.4 Å². The number of hydrogen-bond donors (Lipinski definition) is 2. The number of nitrogens with zero attached hydrogens (tertiary/aromatic N) is 2. The highest BCUT2D eigenvalue weighted by molar-refractivity contribution is 7.89. The van der Waals surface area contributed by atoms with Crippen LogP contribution < -0.4 is 10.0 Å². The van der Waals surface area contributed by atoms with Crippen molar-refractivity contribution < 1.29 is 8.42 Å². The SMILES string of the molecule is Cn1nccc1CCNS(=O)(=O)CC1CCNCC1. The van der Waals surface area contributed by atoms with Gasteiger partial charge in [0, 0.05) is 31.9 Å². The zero-order valence-electron chi connectivity index (χ0n) is 11.3. The van der Waals surface area contributed by atoms with Crippen molar-refractivity contribution in [3.63, 3.8) is 0 Å². The molecule has 0 radical (unpaired) electrons. The summed E-state index contributed by atoms with van der Waals surface area (Å²) in [6.07, 6.45) is 4.28. The Morgan fingerprint density at radius 1 is 1.47 bits per heavy atom. The Hall–Kier alpha value is -0.920. The van der Waals surface area contributed by atoms with Gasteiger partial charge in [-0.2, -0.15) is 5.10 Å². The average molecular weight is 286 g/mol. The molecule has 6 nitrogen and oxygen atoms in total. The van der Waals surface area contributed by atoms with E-state index in [-0.39, 0.29) is 11.7 Å². The molecule has 1 aliphatic heterocycles. The third-order valence-electron chi connectivity index (χ3n) is 3.54. The fourth-order valence-electron chi connectivity index (χ4n) is 2.40. The molecule has 2 heterocycles. The summed E-state index contributed by atoms with van der Waals surface area (Å²) in [6, 6.07) is 1.90. The fourth-order valence-corrected chi connectivity index (χ4v) is 3.88. The molecule has 0 spiro atoms. The molecule has 1 fully saturated rings. The lowest BCUT2D eigenvalue weighted by molar-refractivity contribution is 0.400. The highest BCUT2D eigenvalue weighted by Gasteiger charge is 2.20. The summed E-state index contributed by atoms with van der Waals surface area (Å²) in [5.74, 6) is 0.538. The summed E-state index contributed by atoms with van der Waals surface area (Å²) in [5, 5.41) is 7.30. The number of aryl methyl sites for hydroxylation is 1. The number of nitrogens with one attached hydrogen (secondary N) is 2. The van der Waals surface area contributed by atoms with Gasteiger partial charge < -0.3 is 5.32 Å². The van der Waals surface area contributed by atoms with Crippen LogP contribution in [0.2, 0.25) is 0 Å². The molecule has 2 N–H and O–H groups in total. The summed E-state index contributed by atoms with van der Waals surface area (Å²) in [7, 11) is -1.29. The normalized spacial score (nSPS) is 17.7. The number of sulfonamides is 1. The van der Waals surface area contributed by atoms with E-state index >= 15 is 0 Å². The van der Waals surface area contributed by atoms with Crippen LogP contribution in [0.5, 0.6) is 0 Å². The van der Waals surface area contributed by atoms with Crippen molar-refractivity contribution in [1.29, 1.82) is 0 Å². The Labute approximate surface area is 114 Å². The van der Waals surface area contributed by atoms with Gasteiger partial charge in [0.15, 0.2) is 0 Å². The molecular weight excluding hydrogens is 264 g/mol. The quantitative estimate of drug-likeness (QED) is 0.764. The number of rotatable bonds is 6. The topological polar surface area (TPSA) is 76.0 Å². The highest BCUT2D eigenvalue weighted by atomic mass is 32.2. The average Bonchev–Trinajstić information content (AvgIpc) is 2.76. The van der Waals surface area contributed by atoms with Crippen molar-refractivity contribution >= 4 is 10.0 Å². The second-order valence-electron chi connectivity index (χ2n) is 5.07. The van der Waals surface area contributed by atoms with Gasteiger partial charge in [-0.1, -0.05) is 0 Å². The summed E-state index contributed by atoms with van der Waals surface area (Å²) < 4.78 is 28.4. The molecule has 108 valence electrons. The lowest BCUT2D eigenvalue weighted by atomic mass is 10.0. The predicted molar refractivity (Wildman–Crippen MR) is 74.3 cm³/mol. The Morgan fingerprint density at radius 2 is 2.21 bits per heavy atom. The minimum absolute atomic E-state index is 0.250. The maximum atomic E-state index is 12.0. The number of hydrogen-bond acceptors (Lipinski definition) is 4. The molecule has 19 heavy (non-hydrogen) atoms. The van der Waals surface area contributed by atoms with Crippen molar-refractivity contribution in [3.8, 4) is 0 Å². The third kappa shape index (κ3) is 4.59. The first-order valence-corrected chi connectivity index (χ1v) is 8.37. The van der Waals surface area contributed by atoms with Crippen LogP contribution in [0, 0.1) is 5.92 Å². The second-order valence-corrected chi connectivity index (χ2v) is 6.92. The minimum atomic E-state index is -3.15. The molecule has 1 aliphatic rings. The first-order chi connectivity index (χ1) is 9.07. The first kappa shape index (κ1) is 14.5. The smallest absolute Gasteiger partial charge is 0.211 e. The van der Waals surface area contributed by atoms with Crippen molar-refractivity contribution in [3.05, 3.63) is 18.0 Å². The predicted octanol–water partition coefficient (Wildman–Crippen LogP) is -0.118. The van der Waals surface area contributed by atoms with Gasteiger partial charge in [-0.15, -0.1) is 0 Å². The molecule has 0 aliphatic carbocycles. The second kappa shape index (κ2) is 6.49. The van der Waals surface area contributed by atoms with Crippen LogP contribution >= 0.6 is 0 Å². The summed E-state index contributed by atoms with van der Waals surface area (Å²) in [6.45, 7) is 2.29. The molecule has 0 unspecified atom stereocenters. The van der Waals surface area contributed by atoms with Gasteiger partial charge >= 0.3 is 0 Å². The molecule has 0 saturated carbocycles. The molecule has 0 amide bonds. The van der Waals surface area contributed by atoms with E-state index in [0.717, 1.165) is 31.6 Å². The highest BCUT2D eigenvalue weighted by Crippen LogP contribution is 2.13. The van der Waals surface area contributed by atoms with Crippen molar-refractivity contribution in [1.82, 2.24) is 19.8 Å². The van der Waals surface area contributed by atoms with E-state index in [1.54, 1.807) is 10.9 Å². The van der Waals surface area contributed by atoms with E-state index in [1.807, 2.05) is 13.1 Å². The van der Waals surface area contributed by atoms with E-state index < -0.39 is 10.0 Å². The Kier molecular flexibility index (Phi) is 4.95. The maximum Gasteiger partial charge on any atom is 0.211 e. The van der Waals surface area contributed by atoms with Gasteiger partial charge in [0.25, 0.3) is 0 Å². The molecule has 7 heteroatoms. The Morgan fingerprint density at radius 3 is 2.84 bits per heavy atom. The zero-order chi connectivity index (χ0) is 13.7. The van der Waals surface area contributed by atoms with E-state index in [2.05, 4.69) is 15.1 Å². The first-order valence-electron chi connectivity index (χ1n) is 6.72. The van der Waals surface area contributed by atoms with E-state index in [1.165, 1.54) is 0 Å². The molecule has 2 rings (SSSR count). The molecule has 1 aromatic rings. The summed E-state index contributed by atoms with van der Waals surface area (Å²) in [4.78, 5) is 0. The van der Waals surface area contributed by atoms with Crippen molar-refractivity contribution in [2.45, 2.75) is 19.3 Å². The summed E-state index contributed by atoms with van der Waals surface area (Å²) >= 11 is 0. The van der Waals surface area contributed by atoms with Gasteiger partial charge in [0.1, 0.15) is 0 Å². The molecule has 0 atom stereocenters. The van der Waals surface area contributed by atoms with Crippen LogP contribution in [-0.2, 0) is 23.5 Å². The van der Waals surface area contributed by atoms with Gasteiger partial charge in [-0.25, -0.2) is 13.1 Å². The lowest BCUT2D eigenvalue weighted by Gasteiger charge is -2.22. The monoisotopic (exact) mass is 286 g/mol. The summed E-state index contributed by atoms with van der Waals surface area (Å²) in [5.41, 5.74) is 1.03. The zero-order valence-corrected chi connectivity index (χ0v) is 12.1. The number of aromatic nitrogens is 2. The van der Waals surface area contributed by atoms with Gasteiger partial charge in [0.05, 0.1) is 5.75 Å². The van der Waals surface area contributed by atoms with Crippen molar-refractivity contribution in [2.24, 2.45) is 13.0 Å². The van der Waals surface area contributed by atoms with Crippen LogP contribution in [0.3, 0.4) is 0 Å². The molecule has 0 aromatic carbocycles. The maximum absolute atomic E-state index is 12.0.